The van der Waals surface area contributed by atoms with E-state index in [1.165, 1.54) is 5.56 Å². The van der Waals surface area contributed by atoms with Gasteiger partial charge in [-0.05, 0) is 60.0 Å². The first kappa shape index (κ1) is 28.7. The summed E-state index contributed by atoms with van der Waals surface area (Å²) in [5.74, 6) is 0.0274. The molecule has 4 aromatic carbocycles. The number of urea groups is 1. The number of nitrogens with two attached hydrogens (primary N) is 1. The van der Waals surface area contributed by atoms with Gasteiger partial charge in [0.2, 0.25) is 5.91 Å². The number of rotatable bonds is 10. The lowest BCUT2D eigenvalue weighted by Gasteiger charge is -2.35. The Morgan fingerprint density at radius 2 is 1.30 bits per heavy atom. The van der Waals surface area contributed by atoms with E-state index in [4.69, 9.17) is 5.73 Å². The molecule has 3 amide bonds. The Morgan fingerprint density at radius 3 is 1.91 bits per heavy atom. The van der Waals surface area contributed by atoms with E-state index in [1.54, 1.807) is 0 Å². The molecule has 0 aromatic heterocycles. The van der Waals surface area contributed by atoms with E-state index < -0.39 is 6.04 Å². The summed E-state index contributed by atoms with van der Waals surface area (Å²) < 4.78 is 0. The van der Waals surface area contributed by atoms with Crippen molar-refractivity contribution in [1.82, 2.24) is 14.7 Å². The fourth-order valence-electron chi connectivity index (χ4n) is 6.68. The third kappa shape index (κ3) is 6.20. The molecule has 2 N–H and O–H groups in total. The molecule has 6 nitrogen and oxygen atoms in total. The van der Waals surface area contributed by atoms with Crippen LogP contribution in [-0.4, -0.2) is 58.4 Å². The Morgan fingerprint density at radius 1 is 0.721 bits per heavy atom. The van der Waals surface area contributed by atoms with Gasteiger partial charge in [-0.2, -0.15) is 0 Å². The van der Waals surface area contributed by atoms with Crippen LogP contribution in [0.5, 0.6) is 0 Å². The molecule has 220 valence electrons. The smallest absolute Gasteiger partial charge is 0.321 e. The highest BCUT2D eigenvalue weighted by molar-refractivity contribution is 5.89. The van der Waals surface area contributed by atoms with Gasteiger partial charge in [0.15, 0.2) is 0 Å². The molecule has 2 atom stereocenters. The number of carbonyl (C=O) groups is 2. The van der Waals surface area contributed by atoms with E-state index in [-0.39, 0.29) is 24.0 Å². The molecule has 0 radical (unpaired) electrons. The zero-order valence-corrected chi connectivity index (χ0v) is 24.6. The second kappa shape index (κ2) is 13.3. The summed E-state index contributed by atoms with van der Waals surface area (Å²) in [6.07, 6.45) is 2.99. The monoisotopic (exact) mass is 572 g/mol. The molecule has 0 unspecified atom stereocenters. The Bertz CT molecular complexity index is 1450. The number of hydrogen-bond acceptors (Lipinski definition) is 3. The van der Waals surface area contributed by atoms with Crippen molar-refractivity contribution in [3.05, 3.63) is 132 Å². The van der Waals surface area contributed by atoms with E-state index in [2.05, 4.69) is 60.7 Å². The maximum Gasteiger partial charge on any atom is 0.321 e. The Labute approximate surface area is 254 Å². The lowest BCUT2D eigenvalue weighted by Crippen LogP contribution is -2.50. The summed E-state index contributed by atoms with van der Waals surface area (Å²) in [5, 5.41) is 0. The van der Waals surface area contributed by atoms with Gasteiger partial charge in [0, 0.05) is 19.6 Å². The Balaban J connectivity index is 1.25. The van der Waals surface area contributed by atoms with E-state index >= 15 is 0 Å². The largest absolute Gasteiger partial charge is 0.330 e. The lowest BCUT2D eigenvalue weighted by atomic mass is 9.95. The number of carbonyl (C=O) groups excluding carboxylic acids is 2. The molecule has 6 rings (SSSR count). The van der Waals surface area contributed by atoms with Crippen LogP contribution in [0.4, 0.5) is 4.79 Å². The molecule has 2 fully saturated rings. The Hall–Kier alpha value is -4.42. The maximum absolute atomic E-state index is 14.5. The van der Waals surface area contributed by atoms with E-state index in [9.17, 15) is 9.59 Å². The molecule has 2 heterocycles. The van der Waals surface area contributed by atoms with Crippen LogP contribution in [0.25, 0.3) is 11.1 Å². The molecular weight excluding hydrogens is 532 g/mol. The van der Waals surface area contributed by atoms with Crippen molar-refractivity contribution in [2.75, 3.05) is 19.6 Å². The van der Waals surface area contributed by atoms with Crippen molar-refractivity contribution in [2.45, 2.75) is 50.4 Å². The topological polar surface area (TPSA) is 69.9 Å². The summed E-state index contributed by atoms with van der Waals surface area (Å²) >= 11 is 0. The zero-order chi connectivity index (χ0) is 29.6. The molecule has 0 aliphatic carbocycles. The highest BCUT2D eigenvalue weighted by Crippen LogP contribution is 2.36. The molecule has 2 aliphatic heterocycles. The summed E-state index contributed by atoms with van der Waals surface area (Å²) in [4.78, 5) is 34.4. The minimum absolute atomic E-state index is 0.0138. The van der Waals surface area contributed by atoms with Crippen molar-refractivity contribution in [1.29, 1.82) is 0 Å². The van der Waals surface area contributed by atoms with Gasteiger partial charge in [0.05, 0.1) is 12.1 Å². The Kier molecular flexibility index (Phi) is 8.85. The average molecular weight is 573 g/mol. The summed E-state index contributed by atoms with van der Waals surface area (Å²) in [6, 6.07) is 38.5. The average Bonchev–Trinajstić information content (AvgIpc) is 3.29. The molecule has 0 saturated carbocycles. The minimum atomic E-state index is -0.507. The van der Waals surface area contributed by atoms with Crippen LogP contribution >= 0.6 is 0 Å². The third-order valence-electron chi connectivity index (χ3n) is 8.83. The maximum atomic E-state index is 14.5. The van der Waals surface area contributed by atoms with Crippen LogP contribution in [0.15, 0.2) is 115 Å². The quantitative estimate of drug-likeness (QED) is 0.221. The summed E-state index contributed by atoms with van der Waals surface area (Å²) in [7, 11) is 0. The van der Waals surface area contributed by atoms with E-state index in [0.717, 1.165) is 41.5 Å². The number of benzene rings is 4. The normalized spacial score (nSPS) is 18.7. The SMILES string of the molecule is NCCCC[C@H]1C(=O)N(C(c2ccccc2)c2ccccc2)CC[C@H]2CN(Cc3ccc(-c4ccccc4)cc3)C(=O)N21. The van der Waals surface area contributed by atoms with Gasteiger partial charge < -0.3 is 20.4 Å². The lowest BCUT2D eigenvalue weighted by molar-refractivity contribution is -0.136. The predicted molar refractivity (Wildman–Crippen MR) is 171 cm³/mol. The number of unbranched alkanes of at least 4 members (excludes halogenated alkanes) is 1. The molecule has 43 heavy (non-hydrogen) atoms. The fourth-order valence-corrected chi connectivity index (χ4v) is 6.68. The summed E-state index contributed by atoms with van der Waals surface area (Å²) in [6.45, 7) is 2.32. The van der Waals surface area contributed by atoms with Crippen LogP contribution < -0.4 is 5.73 Å². The van der Waals surface area contributed by atoms with E-state index in [0.29, 0.717) is 32.6 Å². The van der Waals surface area contributed by atoms with Gasteiger partial charge in [-0.15, -0.1) is 0 Å². The van der Waals surface area contributed by atoms with Crippen molar-refractivity contribution in [2.24, 2.45) is 5.73 Å². The number of nitrogens with zero attached hydrogens (tertiary/aromatic N) is 3. The number of amides is 3. The zero-order valence-electron chi connectivity index (χ0n) is 24.6. The van der Waals surface area contributed by atoms with Gasteiger partial charge >= 0.3 is 6.03 Å². The molecule has 0 spiro atoms. The first-order valence-corrected chi connectivity index (χ1v) is 15.5. The molecule has 2 saturated heterocycles. The van der Waals surface area contributed by atoms with Gasteiger partial charge in [-0.1, -0.05) is 115 Å². The van der Waals surface area contributed by atoms with Gasteiger partial charge in [0.1, 0.15) is 6.04 Å². The van der Waals surface area contributed by atoms with Crippen molar-refractivity contribution >= 4 is 11.9 Å². The third-order valence-corrected chi connectivity index (χ3v) is 8.83. The predicted octanol–water partition coefficient (Wildman–Crippen LogP) is 6.48. The van der Waals surface area contributed by atoms with Crippen molar-refractivity contribution < 1.29 is 9.59 Å². The first-order chi connectivity index (χ1) is 21.1. The van der Waals surface area contributed by atoms with Gasteiger partial charge in [-0.3, -0.25) is 4.79 Å². The van der Waals surface area contributed by atoms with Crippen LogP contribution in [0, 0.1) is 0 Å². The number of fused-ring (bicyclic) bond motifs is 1. The van der Waals surface area contributed by atoms with Crippen LogP contribution in [0.1, 0.15) is 48.4 Å². The van der Waals surface area contributed by atoms with Crippen LogP contribution in [0.3, 0.4) is 0 Å². The molecule has 0 bridgehead atoms. The number of hydrogen-bond donors (Lipinski definition) is 1. The van der Waals surface area contributed by atoms with Crippen LogP contribution in [0.2, 0.25) is 0 Å². The minimum Gasteiger partial charge on any atom is -0.330 e. The highest BCUT2D eigenvalue weighted by Gasteiger charge is 2.48. The molecular formula is C37H40N4O2. The van der Waals surface area contributed by atoms with E-state index in [1.807, 2.05) is 69.3 Å². The molecule has 2 aliphatic rings. The van der Waals surface area contributed by atoms with Crippen LogP contribution in [-0.2, 0) is 11.3 Å². The fraction of sp³-hybridized carbons (Fsp3) is 0.297. The highest BCUT2D eigenvalue weighted by atomic mass is 16.2. The second-order valence-corrected chi connectivity index (χ2v) is 11.6. The molecule has 6 heteroatoms. The summed E-state index contributed by atoms with van der Waals surface area (Å²) in [5.41, 5.74) is 11.4. The first-order valence-electron chi connectivity index (χ1n) is 15.5. The van der Waals surface area contributed by atoms with Gasteiger partial charge in [0.25, 0.3) is 0 Å². The standard InChI is InChI=1S/C37H40N4O2/c38-24-11-10-18-34-36(42)40(35(31-14-6-2-7-15-31)32-16-8-3-9-17-32)25-23-33-27-39(37(43)41(33)34)26-28-19-21-30(22-20-28)29-12-4-1-5-13-29/h1-9,12-17,19-22,33-35H,10-11,18,23-27,38H2/t33-,34-/m0/s1. The second-order valence-electron chi connectivity index (χ2n) is 11.6. The molecule has 4 aromatic rings. The van der Waals surface area contributed by atoms with Crippen molar-refractivity contribution in [3.63, 3.8) is 0 Å². The van der Waals surface area contributed by atoms with Crippen molar-refractivity contribution in [3.8, 4) is 11.1 Å². The van der Waals surface area contributed by atoms with Gasteiger partial charge in [-0.25, -0.2) is 4.79 Å².